The highest BCUT2D eigenvalue weighted by atomic mass is 19.1. The number of amides is 3. The van der Waals surface area contributed by atoms with E-state index in [2.05, 4.69) is 15.6 Å². The fourth-order valence-corrected chi connectivity index (χ4v) is 2.57. The summed E-state index contributed by atoms with van der Waals surface area (Å²) < 4.78 is 14.3. The van der Waals surface area contributed by atoms with Crippen molar-refractivity contribution in [2.75, 3.05) is 12.4 Å². The van der Waals surface area contributed by atoms with Crippen LogP contribution in [0.2, 0.25) is 0 Å². The Kier molecular flexibility index (Phi) is 5.16. The molecule has 4 N–H and O–H groups in total. The van der Waals surface area contributed by atoms with Crippen LogP contribution < -0.4 is 16.4 Å². The number of hydrogen-bond acceptors (Lipinski definition) is 4. The number of nitrogens with two attached hydrogens (primary N) is 1. The van der Waals surface area contributed by atoms with Crippen LogP contribution in [0.5, 0.6) is 0 Å². The zero-order chi connectivity index (χ0) is 20.3. The van der Waals surface area contributed by atoms with Crippen molar-refractivity contribution in [2.45, 2.75) is 0 Å². The molecule has 3 amide bonds. The second kappa shape index (κ2) is 7.70. The molecule has 0 atom stereocenters. The molecule has 3 aromatic rings. The second-order valence-corrected chi connectivity index (χ2v) is 5.76. The summed E-state index contributed by atoms with van der Waals surface area (Å²) in [6, 6.07) is 11.6. The van der Waals surface area contributed by atoms with E-state index in [1.54, 1.807) is 24.3 Å². The van der Waals surface area contributed by atoms with Crippen molar-refractivity contribution < 1.29 is 18.8 Å². The maximum atomic E-state index is 12.9. The van der Waals surface area contributed by atoms with Gasteiger partial charge in [0.2, 0.25) is 0 Å². The molecule has 142 valence electrons. The molecule has 0 aliphatic heterocycles. The van der Waals surface area contributed by atoms with Crippen LogP contribution in [0.1, 0.15) is 31.3 Å². The number of nitrogens with one attached hydrogen (secondary N) is 2. The summed E-state index contributed by atoms with van der Waals surface area (Å²) in [6.07, 6.45) is 1.32. The minimum absolute atomic E-state index is 0.0533. The van der Waals surface area contributed by atoms with Gasteiger partial charge in [-0.1, -0.05) is 0 Å². The molecule has 28 heavy (non-hydrogen) atoms. The van der Waals surface area contributed by atoms with E-state index in [-0.39, 0.29) is 11.4 Å². The van der Waals surface area contributed by atoms with E-state index in [4.69, 9.17) is 5.73 Å². The summed E-state index contributed by atoms with van der Waals surface area (Å²) in [7, 11) is 1.42. The molecule has 0 spiro atoms. The number of halogens is 1. The van der Waals surface area contributed by atoms with E-state index in [1.165, 1.54) is 42.2 Å². The number of anilines is 1. The molecular weight excluding hydrogens is 365 g/mol. The number of nitrogens with zero attached hydrogens (tertiary/aromatic N) is 2. The van der Waals surface area contributed by atoms with Gasteiger partial charge in [0.15, 0.2) is 5.69 Å². The van der Waals surface area contributed by atoms with Crippen LogP contribution in [0.4, 0.5) is 10.1 Å². The minimum Gasteiger partial charge on any atom is -0.364 e. The summed E-state index contributed by atoms with van der Waals surface area (Å²) in [6.45, 7) is 0. The van der Waals surface area contributed by atoms with Crippen LogP contribution in [0.3, 0.4) is 0 Å². The number of aromatic nitrogens is 2. The van der Waals surface area contributed by atoms with Gasteiger partial charge in [0.1, 0.15) is 17.8 Å². The Morgan fingerprint density at radius 2 is 1.64 bits per heavy atom. The average molecular weight is 381 g/mol. The Morgan fingerprint density at radius 3 is 2.21 bits per heavy atom. The van der Waals surface area contributed by atoms with Gasteiger partial charge in [-0.2, -0.15) is 0 Å². The van der Waals surface area contributed by atoms with E-state index in [9.17, 15) is 18.8 Å². The first-order valence-corrected chi connectivity index (χ1v) is 8.17. The number of carbonyl (C=O) groups excluding carboxylic acids is 3. The lowest BCUT2D eigenvalue weighted by Crippen LogP contribution is -2.25. The first-order valence-electron chi connectivity index (χ1n) is 8.17. The summed E-state index contributed by atoms with van der Waals surface area (Å²) in [5.74, 6) is -2.15. The van der Waals surface area contributed by atoms with Crippen LogP contribution in [-0.2, 0) is 0 Å². The molecule has 0 aliphatic rings. The lowest BCUT2D eigenvalue weighted by atomic mass is 10.2. The SMILES string of the molecule is CNC(=O)c1ncn(-c2ccc(NC(=O)c3ccc(F)cc3)cc2)c1C(N)=O. The number of imidazole rings is 1. The zero-order valence-corrected chi connectivity index (χ0v) is 14.8. The first-order chi connectivity index (χ1) is 13.4. The fraction of sp³-hybridized carbons (Fsp3) is 0.0526. The molecule has 0 bridgehead atoms. The van der Waals surface area contributed by atoms with Gasteiger partial charge in [-0.25, -0.2) is 9.37 Å². The highest BCUT2D eigenvalue weighted by Gasteiger charge is 2.22. The average Bonchev–Trinajstić information content (AvgIpc) is 3.14. The molecule has 0 fully saturated rings. The lowest BCUT2D eigenvalue weighted by molar-refractivity contribution is 0.0937. The van der Waals surface area contributed by atoms with E-state index < -0.39 is 23.5 Å². The van der Waals surface area contributed by atoms with Crippen molar-refractivity contribution in [3.05, 3.63) is 77.6 Å². The number of benzene rings is 2. The molecule has 1 aromatic heterocycles. The standard InChI is InChI=1S/C19H16FN5O3/c1-22-19(28)15-16(17(21)26)25(10-23-15)14-8-6-13(7-9-14)24-18(27)11-2-4-12(20)5-3-11/h2-10H,1H3,(H2,21,26)(H,22,28)(H,24,27). The highest BCUT2D eigenvalue weighted by Crippen LogP contribution is 2.18. The topological polar surface area (TPSA) is 119 Å². The minimum atomic E-state index is -0.801. The molecule has 0 radical (unpaired) electrons. The Labute approximate surface area is 159 Å². The third-order valence-electron chi connectivity index (χ3n) is 3.95. The van der Waals surface area contributed by atoms with Gasteiger partial charge in [0, 0.05) is 24.0 Å². The van der Waals surface area contributed by atoms with Crippen molar-refractivity contribution in [3.8, 4) is 5.69 Å². The molecular formula is C19H16FN5O3. The predicted molar refractivity (Wildman–Crippen MR) is 99.8 cm³/mol. The van der Waals surface area contributed by atoms with Gasteiger partial charge < -0.3 is 16.4 Å². The maximum absolute atomic E-state index is 12.9. The van der Waals surface area contributed by atoms with Gasteiger partial charge >= 0.3 is 0 Å². The van der Waals surface area contributed by atoms with Gasteiger partial charge in [-0.15, -0.1) is 0 Å². The van der Waals surface area contributed by atoms with Gasteiger partial charge in [-0.05, 0) is 48.5 Å². The van der Waals surface area contributed by atoms with Gasteiger partial charge in [0.25, 0.3) is 17.7 Å². The largest absolute Gasteiger partial charge is 0.364 e. The van der Waals surface area contributed by atoms with Crippen LogP contribution in [0, 0.1) is 5.82 Å². The normalized spacial score (nSPS) is 10.4. The molecule has 0 unspecified atom stereocenters. The Morgan fingerprint density at radius 1 is 1.00 bits per heavy atom. The molecule has 3 rings (SSSR count). The van der Waals surface area contributed by atoms with Gasteiger partial charge in [-0.3, -0.25) is 19.0 Å². The zero-order valence-electron chi connectivity index (χ0n) is 14.8. The van der Waals surface area contributed by atoms with Crippen LogP contribution in [-0.4, -0.2) is 34.3 Å². The third kappa shape index (κ3) is 3.73. The van der Waals surface area contributed by atoms with Gasteiger partial charge in [0.05, 0.1) is 0 Å². The highest BCUT2D eigenvalue weighted by molar-refractivity contribution is 6.05. The second-order valence-electron chi connectivity index (χ2n) is 5.76. The lowest BCUT2D eigenvalue weighted by Gasteiger charge is -2.09. The number of rotatable bonds is 5. The molecule has 9 heteroatoms. The van der Waals surface area contributed by atoms with E-state index >= 15 is 0 Å². The van der Waals surface area contributed by atoms with E-state index in [1.807, 2.05) is 0 Å². The molecule has 1 heterocycles. The van der Waals surface area contributed by atoms with Crippen molar-refractivity contribution in [1.82, 2.24) is 14.9 Å². The van der Waals surface area contributed by atoms with Crippen molar-refractivity contribution in [2.24, 2.45) is 5.73 Å². The smallest absolute Gasteiger partial charge is 0.272 e. The summed E-state index contributed by atoms with van der Waals surface area (Å²) >= 11 is 0. The first kappa shape index (κ1) is 18.8. The number of hydrogen-bond donors (Lipinski definition) is 3. The summed E-state index contributed by atoms with van der Waals surface area (Å²) in [5.41, 5.74) is 6.59. The quantitative estimate of drug-likeness (QED) is 0.623. The Balaban J connectivity index is 1.84. The van der Waals surface area contributed by atoms with Crippen molar-refractivity contribution in [3.63, 3.8) is 0 Å². The Bertz CT molecular complexity index is 1040. The Hall–Kier alpha value is -4.01. The third-order valence-corrected chi connectivity index (χ3v) is 3.95. The van der Waals surface area contributed by atoms with E-state index in [0.29, 0.717) is 16.9 Å². The fourth-order valence-electron chi connectivity index (χ4n) is 2.57. The molecule has 0 aliphatic carbocycles. The summed E-state index contributed by atoms with van der Waals surface area (Å²) in [5, 5.41) is 5.08. The van der Waals surface area contributed by atoms with Crippen molar-refractivity contribution >= 4 is 23.4 Å². The van der Waals surface area contributed by atoms with E-state index in [0.717, 1.165) is 0 Å². The number of carbonyl (C=O) groups is 3. The monoisotopic (exact) mass is 381 g/mol. The molecule has 0 saturated carbocycles. The predicted octanol–water partition coefficient (Wildman–Crippen LogP) is 1.72. The molecule has 0 saturated heterocycles. The van der Waals surface area contributed by atoms with Crippen LogP contribution in [0.25, 0.3) is 5.69 Å². The number of primary amides is 1. The summed E-state index contributed by atoms with van der Waals surface area (Å²) in [4.78, 5) is 39.8. The van der Waals surface area contributed by atoms with Crippen LogP contribution in [0.15, 0.2) is 54.9 Å². The molecule has 8 nitrogen and oxygen atoms in total. The van der Waals surface area contributed by atoms with Crippen molar-refractivity contribution in [1.29, 1.82) is 0 Å². The molecule has 2 aromatic carbocycles. The van der Waals surface area contributed by atoms with Crippen LogP contribution >= 0.6 is 0 Å². The maximum Gasteiger partial charge on any atom is 0.272 e.